The Kier molecular flexibility index (Phi) is 42.4. The lowest BCUT2D eigenvalue weighted by atomic mass is 10.1. The van der Waals surface area contributed by atoms with Gasteiger partial charge in [-0.2, -0.15) is 0 Å². The third kappa shape index (κ3) is 42.6. The summed E-state index contributed by atoms with van der Waals surface area (Å²) in [5.41, 5.74) is 0. The first-order valence-corrected chi connectivity index (χ1v) is 23.5. The van der Waals surface area contributed by atoms with Gasteiger partial charge in [-0.1, -0.05) is 166 Å². The molecule has 0 aromatic rings. The van der Waals surface area contributed by atoms with Crippen LogP contribution in [0.1, 0.15) is 239 Å². The number of hydrogen-bond donors (Lipinski definition) is 0. The molecule has 0 spiro atoms. The Balaban J connectivity index is 4.40. The van der Waals surface area contributed by atoms with Gasteiger partial charge >= 0.3 is 17.9 Å². The van der Waals surface area contributed by atoms with Crippen LogP contribution in [0.4, 0.5) is 0 Å². The molecule has 6 heteroatoms. The second-order valence-corrected chi connectivity index (χ2v) is 15.7. The fourth-order valence-electron chi connectivity index (χ4n) is 6.47. The maximum Gasteiger partial charge on any atom is 0.306 e. The average Bonchev–Trinajstić information content (AvgIpc) is 3.18. The van der Waals surface area contributed by atoms with E-state index in [0.29, 0.717) is 19.3 Å². The zero-order chi connectivity index (χ0) is 40.1. The summed E-state index contributed by atoms with van der Waals surface area (Å²) in [5, 5.41) is 0. The highest BCUT2D eigenvalue weighted by Crippen LogP contribution is 2.13. The summed E-state index contributed by atoms with van der Waals surface area (Å²) in [4.78, 5) is 37.7. The average molecular weight is 773 g/mol. The molecule has 0 saturated carbocycles. The molecule has 1 atom stereocenters. The molecular formula is C49H88O6. The molecule has 0 aliphatic rings. The van der Waals surface area contributed by atoms with Crippen molar-refractivity contribution in [3.05, 3.63) is 36.5 Å². The van der Waals surface area contributed by atoms with Gasteiger partial charge in [0.05, 0.1) is 0 Å². The first-order chi connectivity index (χ1) is 27.0. The molecule has 0 saturated heterocycles. The second kappa shape index (κ2) is 44.3. The highest BCUT2D eigenvalue weighted by atomic mass is 16.6. The van der Waals surface area contributed by atoms with Gasteiger partial charge in [-0.3, -0.25) is 14.4 Å². The number of carbonyl (C=O) groups is 3. The molecule has 6 nitrogen and oxygen atoms in total. The van der Waals surface area contributed by atoms with Gasteiger partial charge in [-0.15, -0.1) is 0 Å². The number of esters is 3. The van der Waals surface area contributed by atoms with E-state index in [4.69, 9.17) is 14.2 Å². The highest BCUT2D eigenvalue weighted by molar-refractivity contribution is 5.71. The van der Waals surface area contributed by atoms with Crippen molar-refractivity contribution in [2.24, 2.45) is 0 Å². The molecule has 320 valence electrons. The minimum atomic E-state index is -0.778. The van der Waals surface area contributed by atoms with Gasteiger partial charge in [0, 0.05) is 19.3 Å². The number of carbonyl (C=O) groups excluding carboxylic acids is 3. The van der Waals surface area contributed by atoms with Crippen molar-refractivity contribution in [2.45, 2.75) is 245 Å². The van der Waals surface area contributed by atoms with Crippen LogP contribution in [0.3, 0.4) is 0 Å². The van der Waals surface area contributed by atoms with Crippen LogP contribution in [-0.2, 0) is 28.6 Å². The summed E-state index contributed by atoms with van der Waals surface area (Å²) in [6.45, 7) is 6.54. The van der Waals surface area contributed by atoms with E-state index in [2.05, 4.69) is 57.2 Å². The fourth-order valence-corrected chi connectivity index (χ4v) is 6.47. The van der Waals surface area contributed by atoms with Crippen LogP contribution in [0.2, 0.25) is 0 Å². The van der Waals surface area contributed by atoms with Crippen molar-refractivity contribution in [1.29, 1.82) is 0 Å². The van der Waals surface area contributed by atoms with Crippen LogP contribution in [0.25, 0.3) is 0 Å². The minimum Gasteiger partial charge on any atom is -0.462 e. The molecule has 0 aromatic carbocycles. The molecule has 0 rings (SSSR count). The second-order valence-electron chi connectivity index (χ2n) is 15.7. The predicted molar refractivity (Wildman–Crippen MR) is 233 cm³/mol. The molecule has 0 heterocycles. The maximum absolute atomic E-state index is 12.7. The lowest BCUT2D eigenvalue weighted by Crippen LogP contribution is -2.30. The van der Waals surface area contributed by atoms with E-state index in [-0.39, 0.29) is 31.1 Å². The van der Waals surface area contributed by atoms with Crippen molar-refractivity contribution in [2.75, 3.05) is 13.2 Å². The van der Waals surface area contributed by atoms with Crippen LogP contribution in [-0.4, -0.2) is 37.2 Å². The van der Waals surface area contributed by atoms with Crippen molar-refractivity contribution in [1.82, 2.24) is 0 Å². The van der Waals surface area contributed by atoms with E-state index in [1.54, 1.807) is 0 Å². The molecule has 0 aliphatic carbocycles. The first kappa shape index (κ1) is 52.6. The normalized spacial score (nSPS) is 12.3. The topological polar surface area (TPSA) is 78.9 Å². The summed E-state index contributed by atoms with van der Waals surface area (Å²) < 4.78 is 16.7. The van der Waals surface area contributed by atoms with Crippen molar-refractivity contribution in [3.63, 3.8) is 0 Å². The van der Waals surface area contributed by atoms with E-state index in [1.165, 1.54) is 116 Å². The summed E-state index contributed by atoms with van der Waals surface area (Å²) >= 11 is 0. The third-order valence-corrected chi connectivity index (χ3v) is 10.1. The van der Waals surface area contributed by atoms with Crippen molar-refractivity contribution >= 4 is 17.9 Å². The standard InChI is InChI=1S/C49H88O6/c1-4-7-10-13-16-19-22-24-27-30-33-36-39-42-48(51)54-45-46(44-53-47(50)41-38-35-32-29-26-21-18-15-12-9-6-3)55-49(52)43-40-37-34-31-28-25-23-20-17-14-11-8-5-2/h15,18-20,22-23,46H,4-14,16-17,21,24-45H2,1-3H3/b18-15-,22-19-,23-20-/t46-/m1/s1. The molecule has 0 amide bonds. The summed E-state index contributed by atoms with van der Waals surface area (Å²) in [6, 6.07) is 0. The van der Waals surface area contributed by atoms with Gasteiger partial charge in [0.2, 0.25) is 0 Å². The fraction of sp³-hybridized carbons (Fsp3) is 0.816. The largest absolute Gasteiger partial charge is 0.462 e. The smallest absolute Gasteiger partial charge is 0.306 e. The monoisotopic (exact) mass is 773 g/mol. The van der Waals surface area contributed by atoms with Gasteiger partial charge in [0.1, 0.15) is 13.2 Å². The highest BCUT2D eigenvalue weighted by Gasteiger charge is 2.19. The SMILES string of the molecule is CCCC/C=C\CCCCCCCC(=O)OC[C@H](COC(=O)CCCCCCC/C=C\CCCCCC)OC(=O)CCCCCCC/C=C\CCCCCC. The number of unbranched alkanes of at least 4 members (excludes halogenated alkanes) is 25. The van der Waals surface area contributed by atoms with E-state index in [9.17, 15) is 14.4 Å². The van der Waals surface area contributed by atoms with Gasteiger partial charge in [0.15, 0.2) is 6.10 Å². The Morgan fingerprint density at radius 1 is 0.345 bits per heavy atom. The zero-order valence-electron chi connectivity index (χ0n) is 36.4. The Bertz CT molecular complexity index is 938. The Hall–Kier alpha value is -2.37. The van der Waals surface area contributed by atoms with Crippen molar-refractivity contribution in [3.8, 4) is 0 Å². The molecule has 0 fully saturated rings. The molecular weight excluding hydrogens is 685 g/mol. The number of hydrogen-bond acceptors (Lipinski definition) is 6. The molecule has 0 aliphatic heterocycles. The Labute approximate surface area is 340 Å². The van der Waals surface area contributed by atoms with Gasteiger partial charge in [0.25, 0.3) is 0 Å². The first-order valence-electron chi connectivity index (χ1n) is 23.5. The minimum absolute atomic E-state index is 0.0817. The third-order valence-electron chi connectivity index (χ3n) is 10.1. The summed E-state index contributed by atoms with van der Waals surface area (Å²) in [7, 11) is 0. The van der Waals surface area contributed by atoms with E-state index < -0.39 is 6.10 Å². The van der Waals surface area contributed by atoms with Crippen LogP contribution in [0.15, 0.2) is 36.5 Å². The van der Waals surface area contributed by atoms with E-state index in [0.717, 1.165) is 83.5 Å². The molecule has 0 bridgehead atoms. The zero-order valence-corrected chi connectivity index (χ0v) is 36.4. The van der Waals surface area contributed by atoms with Crippen LogP contribution in [0.5, 0.6) is 0 Å². The number of ether oxygens (including phenoxy) is 3. The van der Waals surface area contributed by atoms with Crippen LogP contribution >= 0.6 is 0 Å². The maximum atomic E-state index is 12.7. The van der Waals surface area contributed by atoms with E-state index >= 15 is 0 Å². The molecule has 55 heavy (non-hydrogen) atoms. The summed E-state index contributed by atoms with van der Waals surface area (Å²) in [6.07, 6.45) is 49.8. The molecule has 0 aromatic heterocycles. The van der Waals surface area contributed by atoms with E-state index in [1.807, 2.05) is 0 Å². The number of rotatable bonds is 42. The van der Waals surface area contributed by atoms with Crippen LogP contribution < -0.4 is 0 Å². The lowest BCUT2D eigenvalue weighted by Gasteiger charge is -2.18. The molecule has 0 radical (unpaired) electrons. The van der Waals surface area contributed by atoms with Gasteiger partial charge < -0.3 is 14.2 Å². The number of allylic oxidation sites excluding steroid dienone is 6. The predicted octanol–water partition coefficient (Wildman–Crippen LogP) is 15.0. The van der Waals surface area contributed by atoms with Crippen LogP contribution in [0, 0.1) is 0 Å². The van der Waals surface area contributed by atoms with Gasteiger partial charge in [-0.05, 0) is 89.9 Å². The Morgan fingerprint density at radius 2 is 0.618 bits per heavy atom. The Morgan fingerprint density at radius 3 is 0.964 bits per heavy atom. The molecule has 0 unspecified atom stereocenters. The summed E-state index contributed by atoms with van der Waals surface area (Å²) in [5.74, 6) is -0.907. The van der Waals surface area contributed by atoms with Gasteiger partial charge in [-0.25, -0.2) is 0 Å². The van der Waals surface area contributed by atoms with Crippen molar-refractivity contribution < 1.29 is 28.6 Å². The lowest BCUT2D eigenvalue weighted by molar-refractivity contribution is -0.167. The molecule has 0 N–H and O–H groups in total. The quantitative estimate of drug-likeness (QED) is 0.0266.